The van der Waals surface area contributed by atoms with Crippen LogP contribution in [-0.2, 0) is 20.8 Å². The van der Waals surface area contributed by atoms with Crippen LogP contribution >= 0.6 is 0 Å². The maximum atomic E-state index is 13.5. The molecule has 3 atom stereocenters. The van der Waals surface area contributed by atoms with Crippen LogP contribution in [0.25, 0.3) is 0 Å². The van der Waals surface area contributed by atoms with E-state index in [0.717, 1.165) is 31.5 Å². The molecule has 10 nitrogen and oxygen atoms in total. The number of rotatable bonds is 8. The minimum atomic E-state index is -0.940. The largest absolute Gasteiger partial charge is 0.459 e. The molecule has 2 saturated heterocycles. The van der Waals surface area contributed by atoms with Crippen LogP contribution in [0.4, 0.5) is 0 Å². The summed E-state index contributed by atoms with van der Waals surface area (Å²) in [6, 6.07) is 10.3. The van der Waals surface area contributed by atoms with Gasteiger partial charge in [0.25, 0.3) is 5.91 Å². The van der Waals surface area contributed by atoms with Gasteiger partial charge in [0.05, 0.1) is 6.26 Å². The zero-order chi connectivity index (χ0) is 25.5. The van der Waals surface area contributed by atoms with Crippen LogP contribution in [0.15, 0.2) is 53.1 Å². The smallest absolute Gasteiger partial charge is 0.290 e. The van der Waals surface area contributed by atoms with Crippen molar-refractivity contribution >= 4 is 23.6 Å². The van der Waals surface area contributed by atoms with Crippen molar-refractivity contribution in [1.82, 2.24) is 20.9 Å². The molecule has 5 N–H and O–H groups in total. The zero-order valence-electron chi connectivity index (χ0n) is 20.2. The van der Waals surface area contributed by atoms with Gasteiger partial charge in [-0.3, -0.25) is 19.2 Å². The maximum Gasteiger partial charge on any atom is 0.290 e. The summed E-state index contributed by atoms with van der Waals surface area (Å²) in [6.07, 6.45) is 3.91. The molecule has 10 heteroatoms. The molecule has 0 bridgehead atoms. The van der Waals surface area contributed by atoms with E-state index >= 15 is 0 Å². The predicted octanol–water partition coefficient (Wildman–Crippen LogP) is 0.581. The zero-order valence-corrected chi connectivity index (χ0v) is 20.2. The standard InChI is InChI=1S/C26H33N5O5/c27-23(32)20(15-17-5-2-1-3-6-17)30-25(34)21-16-19(29-24(33)18-8-11-28-12-9-18)10-13-31(21)26(35)22-7-4-14-36-22/h1-7,14,18-21,28H,8-13,15-16H2,(H2,27,32)(H,29,33)(H,30,34)/t19-,20+,21-/m0/s1. The van der Waals surface area contributed by atoms with E-state index in [4.69, 9.17) is 10.2 Å². The van der Waals surface area contributed by atoms with Crippen LogP contribution in [0.5, 0.6) is 0 Å². The number of piperidine rings is 2. The topological polar surface area (TPSA) is 147 Å². The predicted molar refractivity (Wildman–Crippen MR) is 132 cm³/mol. The van der Waals surface area contributed by atoms with Gasteiger partial charge in [0.2, 0.25) is 17.7 Å². The van der Waals surface area contributed by atoms with Gasteiger partial charge in [-0.05, 0) is 56.5 Å². The Morgan fingerprint density at radius 2 is 1.78 bits per heavy atom. The first-order valence-electron chi connectivity index (χ1n) is 12.4. The number of carbonyl (C=O) groups excluding carboxylic acids is 4. The number of benzene rings is 1. The summed E-state index contributed by atoms with van der Waals surface area (Å²) in [7, 11) is 0. The van der Waals surface area contributed by atoms with Gasteiger partial charge in [0.15, 0.2) is 5.76 Å². The van der Waals surface area contributed by atoms with Crippen LogP contribution in [0.3, 0.4) is 0 Å². The minimum absolute atomic E-state index is 0.0226. The number of likely N-dealkylation sites (tertiary alicyclic amines) is 1. The summed E-state index contributed by atoms with van der Waals surface area (Å²) >= 11 is 0. The highest BCUT2D eigenvalue weighted by Crippen LogP contribution is 2.23. The molecule has 0 aliphatic carbocycles. The van der Waals surface area contributed by atoms with E-state index in [0.29, 0.717) is 6.42 Å². The van der Waals surface area contributed by atoms with Crippen molar-refractivity contribution in [3.05, 3.63) is 60.1 Å². The lowest BCUT2D eigenvalue weighted by molar-refractivity contribution is -0.132. The van der Waals surface area contributed by atoms with E-state index in [2.05, 4.69) is 16.0 Å². The van der Waals surface area contributed by atoms with Crippen LogP contribution in [0.2, 0.25) is 0 Å². The van der Waals surface area contributed by atoms with Crippen molar-refractivity contribution in [3.8, 4) is 0 Å². The first-order chi connectivity index (χ1) is 17.4. The van der Waals surface area contributed by atoms with Gasteiger partial charge < -0.3 is 31.0 Å². The number of nitrogens with two attached hydrogens (primary N) is 1. The highest BCUT2D eigenvalue weighted by molar-refractivity contribution is 5.97. The molecule has 1 aromatic heterocycles. The second kappa shape index (κ2) is 11.9. The SMILES string of the molecule is NC(=O)[C@@H](Cc1ccccc1)NC(=O)[C@@H]1C[C@@H](NC(=O)C2CCNCC2)CCN1C(=O)c1ccco1. The number of carbonyl (C=O) groups is 4. The van der Waals surface area contributed by atoms with Crippen molar-refractivity contribution in [2.24, 2.45) is 11.7 Å². The molecule has 1 aromatic carbocycles. The van der Waals surface area contributed by atoms with Gasteiger partial charge >= 0.3 is 0 Å². The van der Waals surface area contributed by atoms with Crippen molar-refractivity contribution in [3.63, 3.8) is 0 Å². The minimum Gasteiger partial charge on any atom is -0.459 e. The highest BCUT2D eigenvalue weighted by Gasteiger charge is 2.39. The van der Waals surface area contributed by atoms with Crippen LogP contribution in [0.1, 0.15) is 41.8 Å². The third-order valence-corrected chi connectivity index (χ3v) is 6.90. The Morgan fingerprint density at radius 3 is 2.44 bits per heavy atom. The average Bonchev–Trinajstić information content (AvgIpc) is 3.44. The third-order valence-electron chi connectivity index (χ3n) is 6.90. The molecule has 192 valence electrons. The van der Waals surface area contributed by atoms with E-state index in [9.17, 15) is 19.2 Å². The lowest BCUT2D eigenvalue weighted by Crippen LogP contribution is -2.60. The Kier molecular flexibility index (Phi) is 8.37. The Hall–Kier alpha value is -3.66. The number of hydrogen-bond donors (Lipinski definition) is 4. The first kappa shape index (κ1) is 25.4. The second-order valence-corrected chi connectivity index (χ2v) is 9.40. The summed E-state index contributed by atoms with van der Waals surface area (Å²) < 4.78 is 5.27. The van der Waals surface area contributed by atoms with E-state index in [1.165, 1.54) is 11.2 Å². The normalized spacial score (nSPS) is 21.4. The molecule has 4 amide bonds. The lowest BCUT2D eigenvalue weighted by Gasteiger charge is -2.39. The van der Waals surface area contributed by atoms with Crippen molar-refractivity contribution in [2.75, 3.05) is 19.6 Å². The molecule has 2 aromatic rings. The molecule has 36 heavy (non-hydrogen) atoms. The molecule has 0 spiro atoms. The molecular formula is C26H33N5O5. The number of hydrogen-bond acceptors (Lipinski definition) is 6. The lowest BCUT2D eigenvalue weighted by atomic mass is 9.93. The van der Waals surface area contributed by atoms with Crippen molar-refractivity contribution in [1.29, 1.82) is 0 Å². The van der Waals surface area contributed by atoms with Gasteiger partial charge in [-0.25, -0.2) is 0 Å². The highest BCUT2D eigenvalue weighted by atomic mass is 16.3. The van der Waals surface area contributed by atoms with E-state index in [1.54, 1.807) is 12.1 Å². The Bertz CT molecular complexity index is 1050. The van der Waals surface area contributed by atoms with E-state index in [-0.39, 0.29) is 43.0 Å². The summed E-state index contributed by atoms with van der Waals surface area (Å²) in [5.74, 6) is -1.53. The molecule has 0 saturated carbocycles. The monoisotopic (exact) mass is 495 g/mol. The summed E-state index contributed by atoms with van der Waals surface area (Å²) in [5.41, 5.74) is 6.45. The van der Waals surface area contributed by atoms with E-state index in [1.807, 2.05) is 30.3 Å². The fourth-order valence-electron chi connectivity index (χ4n) is 4.87. The fourth-order valence-corrected chi connectivity index (χ4v) is 4.87. The van der Waals surface area contributed by atoms with Gasteiger partial charge in [-0.15, -0.1) is 0 Å². The van der Waals surface area contributed by atoms with Crippen molar-refractivity contribution in [2.45, 2.75) is 50.2 Å². The summed E-state index contributed by atoms with van der Waals surface area (Å²) in [5, 5.41) is 9.07. The van der Waals surface area contributed by atoms with Crippen LogP contribution in [-0.4, -0.2) is 66.3 Å². The van der Waals surface area contributed by atoms with Crippen molar-refractivity contribution < 1.29 is 23.6 Å². The summed E-state index contributed by atoms with van der Waals surface area (Å²) in [6.45, 7) is 1.86. The van der Waals surface area contributed by atoms with Crippen LogP contribution in [0, 0.1) is 5.92 Å². The number of furan rings is 1. The third kappa shape index (κ3) is 6.31. The molecule has 0 unspecified atom stereocenters. The summed E-state index contributed by atoms with van der Waals surface area (Å²) in [4.78, 5) is 53.0. The Labute approximate surface area is 210 Å². The van der Waals surface area contributed by atoms with E-state index < -0.39 is 29.8 Å². The average molecular weight is 496 g/mol. The van der Waals surface area contributed by atoms with Gasteiger partial charge in [-0.1, -0.05) is 30.3 Å². The Balaban J connectivity index is 1.48. The number of nitrogens with zero attached hydrogens (tertiary/aromatic N) is 1. The molecule has 2 aliphatic rings. The number of primary amides is 1. The molecule has 4 rings (SSSR count). The second-order valence-electron chi connectivity index (χ2n) is 9.40. The maximum absolute atomic E-state index is 13.5. The van der Waals surface area contributed by atoms with Gasteiger partial charge in [0, 0.05) is 24.9 Å². The molecule has 0 radical (unpaired) electrons. The first-order valence-corrected chi connectivity index (χ1v) is 12.4. The number of amides is 4. The van der Waals surface area contributed by atoms with Gasteiger partial charge in [0.1, 0.15) is 12.1 Å². The van der Waals surface area contributed by atoms with Crippen LogP contribution < -0.4 is 21.7 Å². The molecule has 2 fully saturated rings. The number of nitrogens with one attached hydrogen (secondary N) is 3. The quantitative estimate of drug-likeness (QED) is 0.421. The molecule has 2 aliphatic heterocycles. The Morgan fingerprint density at radius 1 is 1.03 bits per heavy atom. The van der Waals surface area contributed by atoms with Gasteiger partial charge in [-0.2, -0.15) is 0 Å². The fraction of sp³-hybridized carbons (Fsp3) is 0.462. The molecular weight excluding hydrogens is 462 g/mol. The molecule has 3 heterocycles.